The number of hydrogen-bond acceptors (Lipinski definition) is 3. The third-order valence-electron chi connectivity index (χ3n) is 6.73. The molecular formula is C29H36N2O2Si. The average Bonchev–Trinajstić information content (AvgIpc) is 2.88. The Bertz CT molecular complexity index is 963. The molecule has 0 spiro atoms. The molecule has 34 heavy (non-hydrogen) atoms. The molecule has 1 heterocycles. The van der Waals surface area contributed by atoms with E-state index in [1.807, 2.05) is 23.1 Å². The summed E-state index contributed by atoms with van der Waals surface area (Å²) >= 11 is 0. The summed E-state index contributed by atoms with van der Waals surface area (Å²) in [5.41, 5.74) is 2.08. The van der Waals surface area contributed by atoms with Crippen LogP contribution in [0.4, 0.5) is 0 Å². The minimum Gasteiger partial charge on any atom is -0.403 e. The molecule has 0 bridgehead atoms. The lowest BCUT2D eigenvalue weighted by Crippen LogP contribution is -2.76. The van der Waals surface area contributed by atoms with Crippen LogP contribution in [0.3, 0.4) is 0 Å². The number of unbranched alkanes of at least 4 members (excludes halogenated alkanes) is 1. The lowest BCUT2D eigenvalue weighted by Gasteiger charge is -2.54. The van der Waals surface area contributed by atoms with Gasteiger partial charge in [-0.1, -0.05) is 111 Å². The third-order valence-corrected chi connectivity index (χ3v) is 7.54. The van der Waals surface area contributed by atoms with Crippen LogP contribution in [-0.4, -0.2) is 38.7 Å². The Morgan fingerprint density at radius 1 is 0.882 bits per heavy atom. The van der Waals surface area contributed by atoms with E-state index in [9.17, 15) is 4.79 Å². The molecule has 1 aliphatic heterocycles. The van der Waals surface area contributed by atoms with E-state index < -0.39 is 20.1 Å². The van der Waals surface area contributed by atoms with Crippen LogP contribution in [0.2, 0.25) is 13.1 Å². The first-order chi connectivity index (χ1) is 16.5. The highest BCUT2D eigenvalue weighted by molar-refractivity contribution is 6.48. The quantitative estimate of drug-likeness (QED) is 0.234. The Hall–Kier alpha value is -2.73. The summed E-state index contributed by atoms with van der Waals surface area (Å²) in [6, 6.07) is 31.6. The summed E-state index contributed by atoms with van der Waals surface area (Å²) in [7, 11) is -1.20. The summed E-state index contributed by atoms with van der Waals surface area (Å²) < 4.78 is 5.91. The van der Waals surface area contributed by atoms with E-state index in [0.717, 1.165) is 36.0 Å². The lowest BCUT2D eigenvalue weighted by molar-refractivity contribution is -0.160. The molecule has 0 saturated carbocycles. The second kappa shape index (κ2) is 10.7. The van der Waals surface area contributed by atoms with Gasteiger partial charge in [-0.05, 0) is 36.2 Å². The van der Waals surface area contributed by atoms with Crippen LogP contribution in [0.5, 0.6) is 0 Å². The van der Waals surface area contributed by atoms with E-state index in [2.05, 4.69) is 98.1 Å². The molecule has 0 radical (unpaired) electrons. The molecule has 0 aliphatic carbocycles. The van der Waals surface area contributed by atoms with Crippen molar-refractivity contribution in [3.8, 4) is 0 Å². The van der Waals surface area contributed by atoms with Crippen LogP contribution in [-0.2, 0) is 14.8 Å². The first kappa shape index (κ1) is 24.4. The first-order valence-corrected chi connectivity index (χ1v) is 15.2. The molecule has 1 atom stereocenters. The Morgan fingerprint density at radius 3 is 1.74 bits per heavy atom. The Balaban J connectivity index is 1.84. The fraction of sp³-hybridized carbons (Fsp3) is 0.345. The van der Waals surface area contributed by atoms with Gasteiger partial charge in [0, 0.05) is 0 Å². The summed E-state index contributed by atoms with van der Waals surface area (Å²) in [5, 5.41) is 4.00. The smallest absolute Gasteiger partial charge is 0.246 e. The summed E-state index contributed by atoms with van der Waals surface area (Å²) in [5.74, 6) is 0.141. The number of amides is 1. The number of nitrogens with zero attached hydrogens (tertiary/aromatic N) is 1. The highest BCUT2D eigenvalue weighted by Gasteiger charge is 2.56. The van der Waals surface area contributed by atoms with Gasteiger partial charge in [-0.25, -0.2) is 0 Å². The maximum absolute atomic E-state index is 13.8. The maximum atomic E-state index is 13.8. The molecule has 4 rings (SSSR count). The van der Waals surface area contributed by atoms with Crippen molar-refractivity contribution in [2.45, 2.75) is 50.4 Å². The molecule has 178 valence electrons. The van der Waals surface area contributed by atoms with Gasteiger partial charge in [0.25, 0.3) is 0 Å². The molecule has 1 N–H and O–H groups in total. The molecule has 1 amide bonds. The Kier molecular flexibility index (Phi) is 7.66. The zero-order valence-electron chi connectivity index (χ0n) is 20.5. The van der Waals surface area contributed by atoms with Crippen LogP contribution in [0.1, 0.15) is 42.9 Å². The average molecular weight is 473 g/mol. The number of benzene rings is 3. The van der Waals surface area contributed by atoms with E-state index in [1.165, 1.54) is 0 Å². The molecule has 1 fully saturated rings. The summed E-state index contributed by atoms with van der Waals surface area (Å²) in [6.45, 7) is 7.51. The molecule has 5 heteroatoms. The second-order valence-electron chi connectivity index (χ2n) is 9.51. The SMILES string of the molecule is CCCCC1(NC(c2ccccc2)(c2ccccc2)c2ccccc2)CN(CO[SiH](C)C)C1=O. The van der Waals surface area contributed by atoms with Crippen molar-refractivity contribution in [2.24, 2.45) is 0 Å². The van der Waals surface area contributed by atoms with Crippen LogP contribution in [0.15, 0.2) is 91.0 Å². The molecule has 1 aliphatic rings. The van der Waals surface area contributed by atoms with Gasteiger partial charge < -0.3 is 9.33 Å². The van der Waals surface area contributed by atoms with Crippen molar-refractivity contribution < 1.29 is 9.22 Å². The van der Waals surface area contributed by atoms with Gasteiger partial charge in [0.2, 0.25) is 5.91 Å². The highest BCUT2D eigenvalue weighted by atomic mass is 28.3. The number of likely N-dealkylation sites (tertiary alicyclic amines) is 1. The Morgan fingerprint density at radius 2 is 1.35 bits per heavy atom. The highest BCUT2D eigenvalue weighted by Crippen LogP contribution is 2.42. The van der Waals surface area contributed by atoms with E-state index in [0.29, 0.717) is 13.3 Å². The number of rotatable bonds is 11. The second-order valence-corrected chi connectivity index (χ2v) is 11.9. The minimum atomic E-state index is -1.20. The van der Waals surface area contributed by atoms with Crippen LogP contribution in [0.25, 0.3) is 0 Å². The molecular weight excluding hydrogens is 436 g/mol. The normalized spacial score (nSPS) is 18.2. The molecule has 3 aromatic rings. The van der Waals surface area contributed by atoms with Crippen molar-refractivity contribution in [2.75, 3.05) is 13.3 Å². The fourth-order valence-electron chi connectivity index (χ4n) is 4.98. The first-order valence-electron chi connectivity index (χ1n) is 12.4. The van der Waals surface area contributed by atoms with Gasteiger partial charge in [-0.2, -0.15) is 0 Å². The number of β-lactam (4-membered cyclic amide) rings is 1. The number of hydrogen-bond donors (Lipinski definition) is 1. The van der Waals surface area contributed by atoms with Gasteiger partial charge in [-0.3, -0.25) is 10.1 Å². The molecule has 4 nitrogen and oxygen atoms in total. The Labute approximate surface area is 205 Å². The van der Waals surface area contributed by atoms with E-state index in [-0.39, 0.29) is 5.91 Å². The summed E-state index contributed by atoms with van der Waals surface area (Å²) in [6.07, 6.45) is 2.83. The van der Waals surface area contributed by atoms with Crippen molar-refractivity contribution in [3.05, 3.63) is 108 Å². The number of carbonyl (C=O) groups is 1. The minimum absolute atomic E-state index is 0.141. The fourth-order valence-corrected chi connectivity index (χ4v) is 5.46. The van der Waals surface area contributed by atoms with Gasteiger partial charge in [0.15, 0.2) is 9.04 Å². The van der Waals surface area contributed by atoms with Gasteiger partial charge in [0.1, 0.15) is 12.3 Å². The third kappa shape index (κ3) is 4.74. The van der Waals surface area contributed by atoms with Crippen molar-refractivity contribution in [1.82, 2.24) is 10.2 Å². The predicted molar refractivity (Wildman–Crippen MR) is 141 cm³/mol. The zero-order chi connectivity index (χ0) is 24.0. The van der Waals surface area contributed by atoms with Crippen molar-refractivity contribution in [3.63, 3.8) is 0 Å². The summed E-state index contributed by atoms with van der Waals surface area (Å²) in [4.78, 5) is 15.6. The van der Waals surface area contributed by atoms with Crippen LogP contribution < -0.4 is 5.32 Å². The van der Waals surface area contributed by atoms with E-state index >= 15 is 0 Å². The number of carbonyl (C=O) groups excluding carboxylic acids is 1. The van der Waals surface area contributed by atoms with Crippen LogP contribution in [0, 0.1) is 0 Å². The molecule has 1 unspecified atom stereocenters. The number of nitrogens with one attached hydrogen (secondary N) is 1. The maximum Gasteiger partial charge on any atom is 0.246 e. The monoisotopic (exact) mass is 472 g/mol. The van der Waals surface area contributed by atoms with E-state index in [4.69, 9.17) is 4.43 Å². The van der Waals surface area contributed by atoms with Crippen molar-refractivity contribution in [1.29, 1.82) is 0 Å². The standard InChI is InChI=1S/C29H36N2O2Si/c1-4-5-21-28(22-31(27(28)32)23-33-34(2)3)30-29(24-15-9-6-10-16-24,25-17-11-7-12-18-25)26-19-13-8-14-20-26/h6-20,30,34H,4-5,21-23H2,1-3H3. The topological polar surface area (TPSA) is 41.6 Å². The van der Waals surface area contributed by atoms with Gasteiger partial charge in [0.05, 0.1) is 12.1 Å². The van der Waals surface area contributed by atoms with E-state index in [1.54, 1.807) is 0 Å². The molecule has 0 aromatic heterocycles. The van der Waals surface area contributed by atoms with Crippen LogP contribution >= 0.6 is 0 Å². The molecule has 1 saturated heterocycles. The largest absolute Gasteiger partial charge is 0.403 e. The molecule has 3 aromatic carbocycles. The van der Waals surface area contributed by atoms with Gasteiger partial charge >= 0.3 is 0 Å². The van der Waals surface area contributed by atoms with Crippen molar-refractivity contribution >= 4 is 14.9 Å². The predicted octanol–water partition coefficient (Wildman–Crippen LogP) is 5.30. The van der Waals surface area contributed by atoms with Gasteiger partial charge in [-0.15, -0.1) is 0 Å². The zero-order valence-corrected chi connectivity index (χ0v) is 21.7. The lowest BCUT2D eigenvalue weighted by atomic mass is 9.72.